The molecule has 1 saturated heterocycles. The van der Waals surface area contributed by atoms with Crippen LogP contribution < -0.4 is 5.32 Å². The normalized spacial score (nSPS) is 20.9. The van der Waals surface area contributed by atoms with Crippen molar-refractivity contribution in [3.8, 4) is 0 Å². The fourth-order valence-corrected chi connectivity index (χ4v) is 3.87. The maximum Gasteiger partial charge on any atom is 0.412 e. The van der Waals surface area contributed by atoms with Crippen LogP contribution >= 0.6 is 0 Å². The van der Waals surface area contributed by atoms with Gasteiger partial charge >= 0.3 is 6.09 Å². The topological polar surface area (TPSA) is 63.7 Å². The van der Waals surface area contributed by atoms with Gasteiger partial charge in [0, 0.05) is 24.4 Å². The Morgan fingerprint density at radius 2 is 2.10 bits per heavy atom. The van der Waals surface area contributed by atoms with Crippen LogP contribution in [0.1, 0.15) is 78.0 Å². The molecule has 2 aliphatic rings. The van der Waals surface area contributed by atoms with Crippen molar-refractivity contribution in [2.45, 2.75) is 96.9 Å². The highest BCUT2D eigenvalue weighted by Gasteiger charge is 2.32. The molecular formula is C23H37N3O3. The molecule has 3 rings (SSSR count). The number of likely N-dealkylation sites (tertiary alicyclic amines) is 1. The second-order valence-electron chi connectivity index (χ2n) is 9.92. The number of carbonyl (C=O) groups excluding carboxylic acids is 1. The van der Waals surface area contributed by atoms with E-state index in [1.54, 1.807) is 4.90 Å². The van der Waals surface area contributed by atoms with Crippen LogP contribution in [0, 0.1) is 0 Å². The van der Waals surface area contributed by atoms with E-state index in [1.807, 2.05) is 20.8 Å². The van der Waals surface area contributed by atoms with Crippen LogP contribution in [0.4, 0.5) is 10.6 Å². The minimum atomic E-state index is -0.476. The number of unbranched alkanes of at least 4 members (excludes halogenated alkanes) is 1. The summed E-state index contributed by atoms with van der Waals surface area (Å²) in [5, 5.41) is 3.56. The molecule has 162 valence electrons. The summed E-state index contributed by atoms with van der Waals surface area (Å²) in [6.45, 7) is 11.5. The highest BCUT2D eigenvalue weighted by molar-refractivity contribution is 5.68. The van der Waals surface area contributed by atoms with E-state index >= 15 is 0 Å². The van der Waals surface area contributed by atoms with Gasteiger partial charge in [0.05, 0.1) is 0 Å². The molecule has 1 fully saturated rings. The van der Waals surface area contributed by atoms with Crippen molar-refractivity contribution in [1.29, 1.82) is 0 Å². The summed E-state index contributed by atoms with van der Waals surface area (Å²) < 4.78 is 11.5. The molecule has 1 N–H and O–H groups in total. The number of rotatable bonds is 6. The summed E-state index contributed by atoms with van der Waals surface area (Å²) in [4.78, 5) is 18.9. The molecule has 1 amide bonds. The van der Waals surface area contributed by atoms with E-state index < -0.39 is 5.60 Å². The monoisotopic (exact) mass is 403 g/mol. The minimum Gasteiger partial charge on any atom is -0.444 e. The van der Waals surface area contributed by atoms with Crippen LogP contribution in [0.5, 0.6) is 0 Å². The number of hydrogen-bond donors (Lipinski definition) is 1. The smallest absolute Gasteiger partial charge is 0.412 e. The number of anilines is 1. The lowest BCUT2D eigenvalue weighted by atomic mass is 9.91. The van der Waals surface area contributed by atoms with Gasteiger partial charge in [0.2, 0.25) is 0 Å². The Bertz CT molecular complexity index is 712. The molecule has 0 aliphatic carbocycles. The molecule has 1 unspecified atom stereocenters. The zero-order chi connectivity index (χ0) is 21.1. The number of aromatic nitrogens is 1. The van der Waals surface area contributed by atoms with Gasteiger partial charge in [0.25, 0.3) is 0 Å². The maximum absolute atomic E-state index is 12.3. The summed E-state index contributed by atoms with van der Waals surface area (Å²) in [6, 6.07) is 4.37. The lowest BCUT2D eigenvalue weighted by molar-refractivity contribution is -0.0496. The molecular weight excluding hydrogens is 366 g/mol. The summed E-state index contributed by atoms with van der Waals surface area (Å²) in [7, 11) is 0. The van der Waals surface area contributed by atoms with Gasteiger partial charge in [-0.3, -0.25) is 4.90 Å². The van der Waals surface area contributed by atoms with Gasteiger partial charge in [-0.2, -0.15) is 0 Å². The molecule has 0 spiro atoms. The quantitative estimate of drug-likeness (QED) is 0.684. The highest BCUT2D eigenvalue weighted by Crippen LogP contribution is 2.29. The Hall–Kier alpha value is -1.82. The average molecular weight is 404 g/mol. The lowest BCUT2D eigenvalue weighted by Crippen LogP contribution is -2.41. The molecule has 1 atom stereocenters. The molecule has 0 radical (unpaired) electrons. The van der Waals surface area contributed by atoms with Gasteiger partial charge < -0.3 is 14.8 Å². The molecule has 6 heteroatoms. The van der Waals surface area contributed by atoms with Crippen LogP contribution in [0.2, 0.25) is 0 Å². The van der Waals surface area contributed by atoms with Crippen molar-refractivity contribution in [2.75, 3.05) is 18.5 Å². The Kier molecular flexibility index (Phi) is 6.72. The number of aryl methyl sites for hydroxylation is 2. The molecule has 3 heterocycles. The predicted octanol–water partition coefficient (Wildman–Crippen LogP) is 4.91. The number of pyridine rings is 1. The van der Waals surface area contributed by atoms with Crippen molar-refractivity contribution in [3.63, 3.8) is 0 Å². The van der Waals surface area contributed by atoms with Gasteiger partial charge in [-0.15, -0.1) is 0 Å². The average Bonchev–Trinajstić information content (AvgIpc) is 3.07. The van der Waals surface area contributed by atoms with Crippen LogP contribution in [0.15, 0.2) is 12.1 Å². The van der Waals surface area contributed by atoms with E-state index in [0.29, 0.717) is 13.2 Å². The standard InChI is InChI=1S/C23H37N3O3/c1-22(2,3)29-21(27)26-15-8-10-19(26)28-16-7-6-9-18-12-11-17-13-14-23(4,5)25-20(17)24-18/h11-12,19H,6-10,13-16H2,1-5H3,(H,24,25). The summed E-state index contributed by atoms with van der Waals surface area (Å²) in [5.41, 5.74) is 2.09. The third-order valence-corrected chi connectivity index (χ3v) is 5.48. The van der Waals surface area contributed by atoms with Crippen LogP contribution in [0.25, 0.3) is 0 Å². The van der Waals surface area contributed by atoms with Crippen molar-refractivity contribution >= 4 is 11.9 Å². The number of nitrogens with zero attached hydrogens (tertiary/aromatic N) is 2. The second-order valence-corrected chi connectivity index (χ2v) is 9.92. The SMILES string of the molecule is CC1(C)CCc2ccc(CCCCOC3CCCN3C(=O)OC(C)(C)C)nc2N1. The van der Waals surface area contributed by atoms with Crippen LogP contribution in [0.3, 0.4) is 0 Å². The van der Waals surface area contributed by atoms with E-state index in [-0.39, 0.29) is 17.9 Å². The molecule has 0 saturated carbocycles. The molecule has 1 aromatic rings. The summed E-state index contributed by atoms with van der Waals surface area (Å²) in [6.07, 6.45) is 6.57. The number of amides is 1. The molecule has 6 nitrogen and oxygen atoms in total. The summed E-state index contributed by atoms with van der Waals surface area (Å²) in [5.74, 6) is 1.05. The first-order valence-electron chi connectivity index (χ1n) is 11.0. The van der Waals surface area contributed by atoms with Gasteiger partial charge in [-0.05, 0) is 91.2 Å². The van der Waals surface area contributed by atoms with Gasteiger partial charge in [-0.25, -0.2) is 9.78 Å². The van der Waals surface area contributed by atoms with Crippen molar-refractivity contribution in [2.24, 2.45) is 0 Å². The van der Waals surface area contributed by atoms with Crippen molar-refractivity contribution in [1.82, 2.24) is 9.88 Å². The van der Waals surface area contributed by atoms with Gasteiger partial charge in [0.1, 0.15) is 17.6 Å². The second kappa shape index (κ2) is 8.90. The minimum absolute atomic E-state index is 0.119. The van der Waals surface area contributed by atoms with Crippen LogP contribution in [-0.2, 0) is 22.3 Å². The first-order valence-corrected chi connectivity index (χ1v) is 11.0. The van der Waals surface area contributed by atoms with E-state index in [4.69, 9.17) is 14.5 Å². The molecule has 0 bridgehead atoms. The largest absolute Gasteiger partial charge is 0.444 e. The highest BCUT2D eigenvalue weighted by atomic mass is 16.6. The van der Waals surface area contributed by atoms with E-state index in [1.165, 1.54) is 5.56 Å². The van der Waals surface area contributed by atoms with E-state index in [0.717, 1.165) is 56.5 Å². The fourth-order valence-electron chi connectivity index (χ4n) is 3.87. The molecule has 0 aromatic carbocycles. The Morgan fingerprint density at radius 3 is 2.86 bits per heavy atom. The number of hydrogen-bond acceptors (Lipinski definition) is 5. The zero-order valence-electron chi connectivity index (χ0n) is 18.7. The third kappa shape index (κ3) is 6.33. The van der Waals surface area contributed by atoms with E-state index in [2.05, 4.69) is 31.3 Å². The number of carbonyl (C=O) groups is 1. The molecule has 2 aliphatic heterocycles. The zero-order valence-corrected chi connectivity index (χ0v) is 18.7. The number of nitrogens with one attached hydrogen (secondary N) is 1. The first kappa shape index (κ1) is 21.9. The van der Waals surface area contributed by atoms with E-state index in [9.17, 15) is 4.79 Å². The van der Waals surface area contributed by atoms with Crippen LogP contribution in [-0.4, -0.2) is 46.5 Å². The van der Waals surface area contributed by atoms with Gasteiger partial charge in [-0.1, -0.05) is 6.07 Å². The van der Waals surface area contributed by atoms with Crippen molar-refractivity contribution in [3.05, 3.63) is 23.4 Å². The van der Waals surface area contributed by atoms with Crippen molar-refractivity contribution < 1.29 is 14.3 Å². The number of ether oxygens (including phenoxy) is 2. The first-order chi connectivity index (χ1) is 13.6. The molecule has 29 heavy (non-hydrogen) atoms. The Balaban J connectivity index is 1.40. The molecule has 1 aromatic heterocycles. The number of fused-ring (bicyclic) bond motifs is 1. The van der Waals surface area contributed by atoms with Gasteiger partial charge in [0.15, 0.2) is 0 Å². The summed E-state index contributed by atoms with van der Waals surface area (Å²) >= 11 is 0. The maximum atomic E-state index is 12.3. The Labute approximate surface area is 175 Å². The lowest BCUT2D eigenvalue weighted by Gasteiger charge is -2.33. The Morgan fingerprint density at radius 1 is 1.31 bits per heavy atom. The third-order valence-electron chi connectivity index (χ3n) is 5.48. The fraction of sp³-hybridized carbons (Fsp3) is 0.739. The predicted molar refractivity (Wildman–Crippen MR) is 115 cm³/mol.